The second kappa shape index (κ2) is 7.21. The number of ether oxygens (including phenoxy) is 1. The van der Waals surface area contributed by atoms with Crippen LogP contribution in [0.4, 0.5) is 0 Å². The maximum atomic E-state index is 12.5. The number of amides is 1. The van der Waals surface area contributed by atoms with Crippen molar-refractivity contribution in [2.24, 2.45) is 0 Å². The van der Waals surface area contributed by atoms with Crippen LogP contribution in [0.1, 0.15) is 25.3 Å². The summed E-state index contributed by atoms with van der Waals surface area (Å²) in [6, 6.07) is 5.82. The van der Waals surface area contributed by atoms with Crippen molar-refractivity contribution in [1.82, 2.24) is 25.1 Å². The Hall–Kier alpha value is -2.09. The van der Waals surface area contributed by atoms with Gasteiger partial charge in [0.25, 0.3) is 0 Å². The topological polar surface area (TPSA) is 73.1 Å². The zero-order valence-electron chi connectivity index (χ0n) is 14.1. The number of hydrogen-bond donors (Lipinski definition) is 0. The minimum absolute atomic E-state index is 0.142. The van der Waals surface area contributed by atoms with Crippen molar-refractivity contribution in [1.29, 1.82) is 0 Å². The van der Waals surface area contributed by atoms with Crippen LogP contribution in [0.2, 0.25) is 0 Å². The summed E-state index contributed by atoms with van der Waals surface area (Å²) in [5.74, 6) is 0.830. The molecule has 0 saturated carbocycles. The van der Waals surface area contributed by atoms with E-state index in [1.54, 1.807) is 11.8 Å². The first-order valence-corrected chi connectivity index (χ1v) is 8.87. The second-order valence-electron chi connectivity index (χ2n) is 5.84. The molecule has 0 radical (unpaired) electrons. The van der Waals surface area contributed by atoms with Crippen LogP contribution in [-0.4, -0.2) is 56.5 Å². The van der Waals surface area contributed by atoms with E-state index in [2.05, 4.69) is 15.5 Å². The third-order valence-electron chi connectivity index (χ3n) is 4.05. The zero-order chi connectivity index (χ0) is 17.1. The summed E-state index contributed by atoms with van der Waals surface area (Å²) < 4.78 is 7.04. The average molecular weight is 347 g/mol. The largest absolute Gasteiger partial charge is 0.494 e. The van der Waals surface area contributed by atoms with Crippen LogP contribution in [0.5, 0.6) is 5.75 Å². The molecule has 24 heavy (non-hydrogen) atoms. The van der Waals surface area contributed by atoms with Crippen molar-refractivity contribution in [2.45, 2.75) is 37.1 Å². The maximum Gasteiger partial charge on any atom is 0.235 e. The number of likely N-dealkylation sites (tertiary alicyclic amines) is 1. The highest BCUT2D eigenvalue weighted by atomic mass is 32.2. The van der Waals surface area contributed by atoms with Crippen molar-refractivity contribution in [3.63, 3.8) is 0 Å². The van der Waals surface area contributed by atoms with Crippen LogP contribution in [-0.2, 0) is 4.79 Å². The Morgan fingerprint density at radius 2 is 2.08 bits per heavy atom. The van der Waals surface area contributed by atoms with Crippen molar-refractivity contribution >= 4 is 17.7 Å². The van der Waals surface area contributed by atoms with Gasteiger partial charge in [-0.15, -0.1) is 5.10 Å². The lowest BCUT2D eigenvalue weighted by Gasteiger charge is -2.19. The summed E-state index contributed by atoms with van der Waals surface area (Å²) in [4.78, 5) is 14.4. The first-order valence-electron chi connectivity index (χ1n) is 7.99. The highest BCUT2D eigenvalue weighted by Crippen LogP contribution is 2.29. The molecule has 2 heterocycles. The Labute approximate surface area is 145 Å². The van der Waals surface area contributed by atoms with Gasteiger partial charge in [0.05, 0.1) is 12.4 Å². The number of tetrazole rings is 1. The number of aromatic nitrogens is 4. The quantitative estimate of drug-likeness (QED) is 0.771. The van der Waals surface area contributed by atoms with Gasteiger partial charge < -0.3 is 9.64 Å². The number of methoxy groups -OCH3 is 1. The fraction of sp³-hybridized carbons (Fsp3) is 0.500. The molecule has 0 spiro atoms. The molecule has 1 aliphatic heterocycles. The molecule has 0 N–H and O–H groups in total. The molecule has 1 amide bonds. The third-order valence-corrected chi connectivity index (χ3v) is 5.07. The second-order valence-corrected chi connectivity index (χ2v) is 7.15. The molecule has 1 aromatic heterocycles. The number of aryl methyl sites for hydroxylation is 1. The monoisotopic (exact) mass is 347 g/mol. The van der Waals surface area contributed by atoms with E-state index in [1.165, 1.54) is 11.8 Å². The van der Waals surface area contributed by atoms with Gasteiger partial charge >= 0.3 is 0 Å². The smallest absolute Gasteiger partial charge is 0.235 e. The van der Waals surface area contributed by atoms with Gasteiger partial charge in [-0.2, -0.15) is 4.68 Å². The van der Waals surface area contributed by atoms with Crippen molar-refractivity contribution in [3.05, 3.63) is 23.8 Å². The average Bonchev–Trinajstić information content (AvgIpc) is 3.25. The predicted molar refractivity (Wildman–Crippen MR) is 91.6 cm³/mol. The van der Waals surface area contributed by atoms with Gasteiger partial charge in [0.2, 0.25) is 11.1 Å². The van der Waals surface area contributed by atoms with E-state index in [-0.39, 0.29) is 11.2 Å². The number of nitrogens with zero attached hydrogens (tertiary/aromatic N) is 5. The molecule has 8 heteroatoms. The number of carbonyl (C=O) groups is 1. The first kappa shape index (κ1) is 16.8. The molecule has 1 aliphatic rings. The molecule has 1 fully saturated rings. The minimum Gasteiger partial charge on any atom is -0.494 e. The van der Waals surface area contributed by atoms with E-state index in [1.807, 2.05) is 36.9 Å². The van der Waals surface area contributed by atoms with Crippen LogP contribution in [0.25, 0.3) is 5.69 Å². The van der Waals surface area contributed by atoms with Crippen LogP contribution in [0, 0.1) is 6.92 Å². The molecule has 2 aromatic rings. The molecule has 1 saturated heterocycles. The van der Waals surface area contributed by atoms with E-state index in [0.29, 0.717) is 10.9 Å². The van der Waals surface area contributed by atoms with Crippen LogP contribution < -0.4 is 4.74 Å². The Balaban J connectivity index is 1.83. The fourth-order valence-electron chi connectivity index (χ4n) is 2.77. The van der Waals surface area contributed by atoms with Gasteiger partial charge in [0.1, 0.15) is 11.4 Å². The van der Waals surface area contributed by atoms with Gasteiger partial charge in [-0.3, -0.25) is 4.79 Å². The Morgan fingerprint density at radius 1 is 1.33 bits per heavy atom. The van der Waals surface area contributed by atoms with E-state index in [9.17, 15) is 4.79 Å². The van der Waals surface area contributed by atoms with Crippen LogP contribution >= 0.6 is 11.8 Å². The Morgan fingerprint density at radius 3 is 2.79 bits per heavy atom. The molecule has 0 bridgehead atoms. The first-order chi connectivity index (χ1) is 11.6. The highest BCUT2D eigenvalue weighted by molar-refractivity contribution is 8.00. The van der Waals surface area contributed by atoms with Crippen LogP contribution in [0.15, 0.2) is 23.4 Å². The van der Waals surface area contributed by atoms with Gasteiger partial charge in [-0.05, 0) is 54.8 Å². The molecule has 0 aliphatic carbocycles. The Kier molecular flexibility index (Phi) is 5.03. The lowest BCUT2D eigenvalue weighted by atomic mass is 10.2. The normalized spacial score (nSPS) is 15.5. The summed E-state index contributed by atoms with van der Waals surface area (Å²) in [6.45, 7) is 5.60. The van der Waals surface area contributed by atoms with Gasteiger partial charge in [0.15, 0.2) is 0 Å². The standard InChI is InChI=1S/C16H21N5O2S/c1-11-6-7-14(23-3)13(10-11)21-16(17-18-19-21)24-12(2)15(22)20-8-4-5-9-20/h6-7,10,12H,4-5,8-9H2,1-3H3/t12-/m1/s1. The molecule has 7 nitrogen and oxygen atoms in total. The van der Waals surface area contributed by atoms with Gasteiger partial charge in [0, 0.05) is 13.1 Å². The SMILES string of the molecule is COc1ccc(C)cc1-n1nnnc1S[C@H](C)C(=O)N1CCCC1. The molecular formula is C16H21N5O2S. The van der Waals surface area contributed by atoms with Gasteiger partial charge in [-0.1, -0.05) is 17.8 Å². The summed E-state index contributed by atoms with van der Waals surface area (Å²) in [6.07, 6.45) is 2.17. The number of thioether (sulfide) groups is 1. The van der Waals surface area contributed by atoms with E-state index < -0.39 is 0 Å². The summed E-state index contributed by atoms with van der Waals surface area (Å²) in [5, 5.41) is 12.3. The van der Waals surface area contributed by atoms with Crippen molar-refractivity contribution in [2.75, 3.05) is 20.2 Å². The minimum atomic E-state index is -0.233. The lowest BCUT2D eigenvalue weighted by Crippen LogP contribution is -2.34. The van der Waals surface area contributed by atoms with Crippen LogP contribution in [0.3, 0.4) is 0 Å². The third kappa shape index (κ3) is 3.38. The number of hydrogen-bond acceptors (Lipinski definition) is 6. The van der Waals surface area contributed by atoms with E-state index in [0.717, 1.165) is 37.2 Å². The van der Waals surface area contributed by atoms with Crippen molar-refractivity contribution in [3.8, 4) is 11.4 Å². The molecule has 0 unspecified atom stereocenters. The number of rotatable bonds is 5. The highest BCUT2D eigenvalue weighted by Gasteiger charge is 2.26. The summed E-state index contributed by atoms with van der Waals surface area (Å²) in [7, 11) is 1.62. The van der Waals surface area contributed by atoms with Crippen molar-refractivity contribution < 1.29 is 9.53 Å². The summed E-state index contributed by atoms with van der Waals surface area (Å²) >= 11 is 1.37. The molecule has 1 atom stereocenters. The molecule has 3 rings (SSSR count). The number of benzene rings is 1. The summed E-state index contributed by atoms with van der Waals surface area (Å²) in [5.41, 5.74) is 1.85. The maximum absolute atomic E-state index is 12.5. The van der Waals surface area contributed by atoms with E-state index >= 15 is 0 Å². The predicted octanol–water partition coefficient (Wildman–Crippen LogP) is 2.08. The Bertz CT molecular complexity index is 727. The fourth-order valence-corrected chi connectivity index (χ4v) is 3.66. The number of carbonyl (C=O) groups excluding carboxylic acids is 1. The molecule has 128 valence electrons. The van der Waals surface area contributed by atoms with Gasteiger partial charge in [-0.25, -0.2) is 0 Å². The lowest BCUT2D eigenvalue weighted by molar-refractivity contribution is -0.129. The molecular weight excluding hydrogens is 326 g/mol. The zero-order valence-corrected chi connectivity index (χ0v) is 14.9. The van der Waals surface area contributed by atoms with E-state index in [4.69, 9.17) is 4.74 Å². The molecule has 1 aromatic carbocycles.